The molecule has 0 saturated carbocycles. The van der Waals surface area contributed by atoms with Crippen molar-refractivity contribution in [3.05, 3.63) is 33.6 Å². The molecule has 104 valence electrons. The summed E-state index contributed by atoms with van der Waals surface area (Å²) in [4.78, 5) is 13.8. The summed E-state index contributed by atoms with van der Waals surface area (Å²) in [6.45, 7) is 4.17. The summed E-state index contributed by atoms with van der Waals surface area (Å²) >= 11 is 7.70. The minimum Gasteiger partial charge on any atom is -0.361 e. The highest BCUT2D eigenvalue weighted by molar-refractivity contribution is 7.11. The van der Waals surface area contributed by atoms with E-state index in [1.807, 2.05) is 6.20 Å². The topological polar surface area (TPSA) is 68.0 Å². The van der Waals surface area contributed by atoms with Gasteiger partial charge < -0.3 is 5.32 Å². The van der Waals surface area contributed by atoms with E-state index in [4.69, 9.17) is 11.6 Å². The Kier molecular flexibility index (Phi) is 3.54. The fraction of sp³-hybridized carbons (Fsp3) is 0.333. The van der Waals surface area contributed by atoms with Gasteiger partial charge >= 0.3 is 0 Å². The summed E-state index contributed by atoms with van der Waals surface area (Å²) in [5.74, 6) is 1.22. The molecule has 1 N–H and O–H groups in total. The van der Waals surface area contributed by atoms with Crippen molar-refractivity contribution in [2.24, 2.45) is 0 Å². The molecule has 0 aliphatic carbocycles. The number of aromatic nitrogens is 5. The van der Waals surface area contributed by atoms with E-state index in [2.05, 4.69) is 39.2 Å². The first-order valence-electron chi connectivity index (χ1n) is 6.24. The van der Waals surface area contributed by atoms with Gasteiger partial charge in [-0.2, -0.15) is 19.6 Å². The van der Waals surface area contributed by atoms with E-state index >= 15 is 0 Å². The van der Waals surface area contributed by atoms with E-state index in [9.17, 15) is 0 Å². The summed E-state index contributed by atoms with van der Waals surface area (Å²) in [6.07, 6.45) is 4.37. The molecule has 0 saturated heterocycles. The highest BCUT2D eigenvalue weighted by Gasteiger charge is 2.13. The molecule has 3 rings (SSSR count). The van der Waals surface area contributed by atoms with Gasteiger partial charge in [0.1, 0.15) is 22.3 Å². The summed E-state index contributed by atoms with van der Waals surface area (Å²) in [5.41, 5.74) is 0. The van der Waals surface area contributed by atoms with Crippen LogP contribution in [0.3, 0.4) is 0 Å². The molecule has 1 unspecified atom stereocenters. The Morgan fingerprint density at radius 1 is 1.45 bits per heavy atom. The maximum Gasteiger partial charge on any atom is 0.255 e. The van der Waals surface area contributed by atoms with Crippen LogP contribution < -0.4 is 5.32 Å². The third kappa shape index (κ3) is 2.46. The number of aryl methyl sites for hydroxylation is 1. The van der Waals surface area contributed by atoms with Gasteiger partial charge in [0.05, 0.1) is 6.04 Å². The molecule has 0 spiro atoms. The Balaban J connectivity index is 1.90. The molecule has 0 bridgehead atoms. The lowest BCUT2D eigenvalue weighted by Crippen LogP contribution is -2.10. The lowest BCUT2D eigenvalue weighted by Gasteiger charge is -2.13. The Morgan fingerprint density at radius 3 is 3.05 bits per heavy atom. The van der Waals surface area contributed by atoms with Crippen molar-refractivity contribution < 1.29 is 0 Å². The van der Waals surface area contributed by atoms with Crippen LogP contribution in [-0.4, -0.2) is 24.6 Å². The first-order chi connectivity index (χ1) is 9.67. The molecule has 8 heteroatoms. The largest absolute Gasteiger partial charge is 0.361 e. The zero-order valence-electron chi connectivity index (χ0n) is 11.0. The molecular weight excluding hydrogens is 296 g/mol. The molecular formula is C12H13ClN6S. The Labute approximate surface area is 124 Å². The summed E-state index contributed by atoms with van der Waals surface area (Å²) in [6, 6.07) is 1.79. The lowest BCUT2D eigenvalue weighted by atomic mass is 10.3. The standard InChI is InChI=1S/C12H13ClN6S/c1-3-8-5-14-11(20-8)7(2)17-10-4-9(13)18-12-15-6-16-19(10)12/h4-7,17H,3H2,1-2H3. The van der Waals surface area contributed by atoms with Crippen LogP contribution >= 0.6 is 22.9 Å². The Morgan fingerprint density at radius 2 is 2.30 bits per heavy atom. The monoisotopic (exact) mass is 308 g/mol. The average molecular weight is 309 g/mol. The number of hydrogen-bond acceptors (Lipinski definition) is 6. The van der Waals surface area contributed by atoms with Crippen LogP contribution in [0.4, 0.5) is 5.82 Å². The van der Waals surface area contributed by atoms with Gasteiger partial charge in [0, 0.05) is 17.1 Å². The zero-order chi connectivity index (χ0) is 14.1. The molecule has 6 nitrogen and oxygen atoms in total. The van der Waals surface area contributed by atoms with E-state index in [1.165, 1.54) is 11.2 Å². The van der Waals surface area contributed by atoms with Crippen molar-refractivity contribution in [1.82, 2.24) is 24.6 Å². The number of thiazole rings is 1. The van der Waals surface area contributed by atoms with Crippen molar-refractivity contribution in [1.29, 1.82) is 0 Å². The quantitative estimate of drug-likeness (QED) is 0.750. The highest BCUT2D eigenvalue weighted by Crippen LogP contribution is 2.24. The molecule has 1 atom stereocenters. The number of halogens is 1. The molecule has 3 heterocycles. The van der Waals surface area contributed by atoms with Crippen LogP contribution in [0.5, 0.6) is 0 Å². The van der Waals surface area contributed by atoms with Crippen molar-refractivity contribution >= 4 is 34.5 Å². The Hall–Kier alpha value is -1.73. The minimum atomic E-state index is 0.0613. The molecule has 0 aliphatic heterocycles. The van der Waals surface area contributed by atoms with Crippen LogP contribution in [0.25, 0.3) is 5.78 Å². The maximum atomic E-state index is 5.99. The van der Waals surface area contributed by atoms with Crippen LogP contribution in [0.1, 0.15) is 29.8 Å². The number of hydrogen-bond donors (Lipinski definition) is 1. The van der Waals surface area contributed by atoms with Crippen LogP contribution in [0, 0.1) is 0 Å². The van der Waals surface area contributed by atoms with Gasteiger partial charge in [-0.25, -0.2) is 4.98 Å². The van der Waals surface area contributed by atoms with Crippen LogP contribution in [0.15, 0.2) is 18.6 Å². The smallest absolute Gasteiger partial charge is 0.255 e. The highest BCUT2D eigenvalue weighted by atomic mass is 35.5. The fourth-order valence-corrected chi connectivity index (χ4v) is 2.89. The minimum absolute atomic E-state index is 0.0613. The summed E-state index contributed by atoms with van der Waals surface area (Å²) in [7, 11) is 0. The van der Waals surface area contributed by atoms with E-state index in [1.54, 1.807) is 21.9 Å². The molecule has 3 aromatic heterocycles. The number of fused-ring (bicyclic) bond motifs is 1. The van der Waals surface area contributed by atoms with Crippen molar-refractivity contribution in [2.75, 3.05) is 5.32 Å². The van der Waals surface area contributed by atoms with Gasteiger partial charge in [0.15, 0.2) is 0 Å². The van der Waals surface area contributed by atoms with Crippen molar-refractivity contribution in [3.63, 3.8) is 0 Å². The first-order valence-corrected chi connectivity index (χ1v) is 7.44. The SMILES string of the molecule is CCc1cnc(C(C)Nc2cc(Cl)nc3ncnn23)s1. The van der Waals surface area contributed by atoms with Gasteiger partial charge in [-0.05, 0) is 13.3 Å². The third-order valence-corrected chi connectivity index (χ3v) is 4.39. The fourth-order valence-electron chi connectivity index (χ4n) is 1.86. The molecule has 0 fully saturated rings. The zero-order valence-corrected chi connectivity index (χ0v) is 12.6. The van der Waals surface area contributed by atoms with Gasteiger partial charge in [0.2, 0.25) is 0 Å². The van der Waals surface area contributed by atoms with Crippen molar-refractivity contribution in [3.8, 4) is 0 Å². The predicted octanol–water partition coefficient (Wildman–Crippen LogP) is 2.97. The average Bonchev–Trinajstić information content (AvgIpc) is 3.06. The van der Waals surface area contributed by atoms with Gasteiger partial charge in [-0.15, -0.1) is 11.3 Å². The molecule has 0 amide bonds. The second-order valence-electron chi connectivity index (χ2n) is 4.32. The normalized spacial score (nSPS) is 12.8. The second-order valence-corrected chi connectivity index (χ2v) is 5.85. The molecule has 20 heavy (non-hydrogen) atoms. The van der Waals surface area contributed by atoms with Crippen molar-refractivity contribution in [2.45, 2.75) is 26.3 Å². The molecule has 3 aromatic rings. The predicted molar refractivity (Wildman–Crippen MR) is 79.3 cm³/mol. The summed E-state index contributed by atoms with van der Waals surface area (Å²) in [5, 5.41) is 8.90. The number of nitrogens with one attached hydrogen (secondary N) is 1. The summed E-state index contributed by atoms with van der Waals surface area (Å²) < 4.78 is 1.62. The molecule has 0 aromatic carbocycles. The second kappa shape index (κ2) is 5.34. The van der Waals surface area contributed by atoms with Gasteiger partial charge in [-0.1, -0.05) is 18.5 Å². The number of rotatable bonds is 4. The number of nitrogens with zero attached hydrogens (tertiary/aromatic N) is 5. The lowest BCUT2D eigenvalue weighted by molar-refractivity contribution is 0.831. The van der Waals surface area contributed by atoms with Gasteiger partial charge in [-0.3, -0.25) is 0 Å². The molecule has 0 aliphatic rings. The first kappa shape index (κ1) is 13.3. The Bertz CT molecular complexity index is 736. The maximum absolute atomic E-state index is 5.99. The number of anilines is 1. The van der Waals surface area contributed by atoms with E-state index < -0.39 is 0 Å². The third-order valence-electron chi connectivity index (χ3n) is 2.88. The van der Waals surface area contributed by atoms with Crippen LogP contribution in [0.2, 0.25) is 5.15 Å². The van der Waals surface area contributed by atoms with E-state index in [0.717, 1.165) is 17.2 Å². The van der Waals surface area contributed by atoms with E-state index in [-0.39, 0.29) is 6.04 Å². The van der Waals surface area contributed by atoms with Crippen LogP contribution in [-0.2, 0) is 6.42 Å². The molecule has 0 radical (unpaired) electrons. The van der Waals surface area contributed by atoms with Gasteiger partial charge in [0.25, 0.3) is 5.78 Å². The van der Waals surface area contributed by atoms with E-state index in [0.29, 0.717) is 10.9 Å².